The molecule has 0 atom stereocenters. The van der Waals surface area contributed by atoms with Crippen LogP contribution in [0.3, 0.4) is 0 Å². The molecule has 0 fully saturated rings. The van der Waals surface area contributed by atoms with Gasteiger partial charge in [0.15, 0.2) is 0 Å². The van der Waals surface area contributed by atoms with Crippen molar-refractivity contribution in [2.24, 2.45) is 0 Å². The Kier molecular flexibility index (Phi) is 6.97. The van der Waals surface area contributed by atoms with Crippen LogP contribution in [0.5, 0.6) is 5.75 Å². The first-order valence-corrected chi connectivity index (χ1v) is 10.5. The van der Waals surface area contributed by atoms with Crippen LogP contribution in [0, 0.1) is 0 Å². The van der Waals surface area contributed by atoms with Crippen molar-refractivity contribution in [2.45, 2.75) is 52.4 Å². The predicted octanol–water partition coefficient (Wildman–Crippen LogP) is 4.96. The molecular weight excluding hydrogens is 484 g/mol. The molecule has 2 aromatic rings. The molecule has 2 heterocycles. The third-order valence-electron chi connectivity index (χ3n) is 4.89. The van der Waals surface area contributed by atoms with Gasteiger partial charge in [-0.25, -0.2) is 14.8 Å². The number of anilines is 1. The number of amides is 2. The maximum Gasteiger partial charge on any atom is 0.387 e. The Morgan fingerprint density at radius 1 is 1.33 bits per heavy atom. The lowest BCUT2D eigenvalue weighted by atomic mass is 10.1. The second-order valence-corrected chi connectivity index (χ2v) is 8.08. The van der Waals surface area contributed by atoms with Crippen LogP contribution in [-0.2, 0) is 13.1 Å². The number of carbonyl (C=O) groups is 1. The van der Waals surface area contributed by atoms with Crippen molar-refractivity contribution in [2.75, 3.05) is 5.73 Å². The fraction of sp³-hybridized carbons (Fsp3) is 0.421. The third-order valence-corrected chi connectivity index (χ3v) is 5.83. The zero-order chi connectivity index (χ0) is 22.0. The van der Waals surface area contributed by atoms with Gasteiger partial charge in [-0.15, -0.1) is 0 Å². The number of hydrogen-bond donors (Lipinski definition) is 2. The Hall–Kier alpha value is -2.20. The monoisotopic (exact) mass is 503 g/mol. The first kappa shape index (κ1) is 22.5. The second-order valence-electron chi connectivity index (χ2n) is 6.82. The lowest BCUT2D eigenvalue weighted by molar-refractivity contribution is -0.0503. The highest BCUT2D eigenvalue weighted by atomic mass is 79.9. The highest BCUT2D eigenvalue weighted by Gasteiger charge is 2.30. The topological polar surface area (TPSA) is 93.4 Å². The number of urea groups is 1. The van der Waals surface area contributed by atoms with Gasteiger partial charge in [-0.1, -0.05) is 25.4 Å². The zero-order valence-corrected chi connectivity index (χ0v) is 18.7. The largest absolute Gasteiger partial charge is 0.434 e. The first-order valence-electron chi connectivity index (χ1n) is 9.38. The van der Waals surface area contributed by atoms with Crippen LogP contribution in [0.25, 0.3) is 11.3 Å². The van der Waals surface area contributed by atoms with E-state index in [2.05, 4.69) is 36.0 Å². The van der Waals surface area contributed by atoms with Crippen LogP contribution in [0.4, 0.5) is 19.5 Å². The molecule has 0 saturated carbocycles. The van der Waals surface area contributed by atoms with Crippen molar-refractivity contribution >= 4 is 39.5 Å². The number of nitrogens with one attached hydrogen (secondary N) is 1. The van der Waals surface area contributed by atoms with Gasteiger partial charge in [-0.05, 0) is 40.9 Å². The molecule has 1 aliphatic heterocycles. The van der Waals surface area contributed by atoms with E-state index >= 15 is 0 Å². The number of halogens is 4. The maximum atomic E-state index is 12.7. The average molecular weight is 505 g/mol. The van der Waals surface area contributed by atoms with Crippen LogP contribution in [0.15, 0.2) is 16.6 Å². The van der Waals surface area contributed by atoms with E-state index in [-0.39, 0.29) is 46.4 Å². The number of nitrogens with zero attached hydrogens (tertiary/aromatic N) is 3. The highest BCUT2D eigenvalue weighted by molar-refractivity contribution is 9.10. The Bertz CT molecular complexity index is 959. The van der Waals surface area contributed by atoms with Gasteiger partial charge in [0.2, 0.25) is 5.95 Å². The van der Waals surface area contributed by atoms with Crippen LogP contribution >= 0.6 is 27.5 Å². The number of aromatic nitrogens is 2. The molecule has 30 heavy (non-hydrogen) atoms. The molecule has 2 amide bonds. The summed E-state index contributed by atoms with van der Waals surface area (Å²) in [4.78, 5) is 22.8. The second kappa shape index (κ2) is 9.30. The summed E-state index contributed by atoms with van der Waals surface area (Å²) in [6, 6.07) is 2.68. The molecular formula is C19H21BrClF2N5O2. The van der Waals surface area contributed by atoms with Crippen molar-refractivity contribution < 1.29 is 18.3 Å². The van der Waals surface area contributed by atoms with E-state index in [9.17, 15) is 13.6 Å². The fourth-order valence-electron chi connectivity index (χ4n) is 3.30. The molecule has 1 aromatic heterocycles. The summed E-state index contributed by atoms with van der Waals surface area (Å²) in [5, 5.41) is 3.26. The summed E-state index contributed by atoms with van der Waals surface area (Å²) >= 11 is 9.53. The van der Waals surface area contributed by atoms with Gasteiger partial charge in [-0.2, -0.15) is 8.78 Å². The number of nitrogens with two attached hydrogens (primary N) is 1. The number of rotatable bonds is 6. The highest BCUT2D eigenvalue weighted by Crippen LogP contribution is 2.40. The van der Waals surface area contributed by atoms with Crippen LogP contribution in [-0.4, -0.2) is 33.6 Å². The standard InChI is InChI=1S/C19H21BrClF2N5O2/c1-3-9(4-2)25-19(29)28-7-11-14(8-28)26-18(24)27-16(11)10-5-15(30-17(22)23)12(20)6-13(10)21/h5-6,9,17H,3-4,7-8H2,1-2H3,(H,25,29)(H2,24,26,27). The van der Waals surface area contributed by atoms with Crippen molar-refractivity contribution in [1.29, 1.82) is 0 Å². The van der Waals surface area contributed by atoms with Gasteiger partial charge in [0.25, 0.3) is 0 Å². The number of hydrogen-bond acceptors (Lipinski definition) is 5. The summed E-state index contributed by atoms with van der Waals surface area (Å²) in [7, 11) is 0. The number of ether oxygens (including phenoxy) is 1. The molecule has 0 spiro atoms. The molecule has 11 heteroatoms. The minimum Gasteiger partial charge on any atom is -0.434 e. The van der Waals surface area contributed by atoms with E-state index in [1.165, 1.54) is 12.1 Å². The normalized spacial score (nSPS) is 13.1. The van der Waals surface area contributed by atoms with E-state index in [0.717, 1.165) is 12.8 Å². The number of benzene rings is 1. The first-order chi connectivity index (χ1) is 14.2. The van der Waals surface area contributed by atoms with E-state index in [0.29, 0.717) is 22.5 Å². The lowest BCUT2D eigenvalue weighted by Gasteiger charge is -2.21. The van der Waals surface area contributed by atoms with Gasteiger partial charge in [0.05, 0.1) is 34.0 Å². The van der Waals surface area contributed by atoms with Crippen LogP contribution in [0.1, 0.15) is 37.9 Å². The molecule has 0 aliphatic carbocycles. The molecule has 1 aromatic carbocycles. The molecule has 0 radical (unpaired) electrons. The van der Waals surface area contributed by atoms with Crippen molar-refractivity contribution in [3.05, 3.63) is 32.9 Å². The molecule has 162 valence electrons. The van der Waals surface area contributed by atoms with Gasteiger partial charge in [0, 0.05) is 17.2 Å². The average Bonchev–Trinajstić information content (AvgIpc) is 3.11. The molecule has 0 bridgehead atoms. The van der Waals surface area contributed by atoms with Gasteiger partial charge in [0.1, 0.15) is 5.75 Å². The van der Waals surface area contributed by atoms with E-state index < -0.39 is 6.61 Å². The summed E-state index contributed by atoms with van der Waals surface area (Å²) in [6.07, 6.45) is 1.64. The van der Waals surface area contributed by atoms with Crippen LogP contribution in [0.2, 0.25) is 5.02 Å². The maximum absolute atomic E-state index is 12.7. The minimum atomic E-state index is -3.00. The number of alkyl halides is 2. The predicted molar refractivity (Wildman–Crippen MR) is 113 cm³/mol. The van der Waals surface area contributed by atoms with E-state index in [1.807, 2.05) is 13.8 Å². The van der Waals surface area contributed by atoms with Crippen LogP contribution < -0.4 is 15.8 Å². The quantitative estimate of drug-likeness (QED) is 0.580. The molecule has 0 unspecified atom stereocenters. The lowest BCUT2D eigenvalue weighted by Crippen LogP contribution is -2.42. The number of carbonyl (C=O) groups excluding carboxylic acids is 1. The third kappa shape index (κ3) is 4.75. The molecule has 1 aliphatic rings. The Balaban J connectivity index is 1.97. The Labute approximate surface area is 186 Å². The smallest absolute Gasteiger partial charge is 0.387 e. The summed E-state index contributed by atoms with van der Waals surface area (Å²) < 4.78 is 30.3. The zero-order valence-electron chi connectivity index (χ0n) is 16.4. The number of nitrogen functional groups attached to an aromatic ring is 1. The molecule has 0 saturated heterocycles. The van der Waals surface area contributed by atoms with Crippen molar-refractivity contribution in [3.63, 3.8) is 0 Å². The van der Waals surface area contributed by atoms with Crippen molar-refractivity contribution in [3.8, 4) is 17.0 Å². The molecule has 7 nitrogen and oxygen atoms in total. The van der Waals surface area contributed by atoms with Gasteiger partial charge >= 0.3 is 12.6 Å². The van der Waals surface area contributed by atoms with Gasteiger partial charge in [-0.3, -0.25) is 0 Å². The summed E-state index contributed by atoms with van der Waals surface area (Å²) in [6.45, 7) is 1.52. The van der Waals surface area contributed by atoms with E-state index in [4.69, 9.17) is 17.3 Å². The minimum absolute atomic E-state index is 0.00122. The summed E-state index contributed by atoms with van der Waals surface area (Å²) in [5.74, 6) is -0.0852. The molecule has 3 rings (SSSR count). The van der Waals surface area contributed by atoms with Gasteiger partial charge < -0.3 is 20.7 Å². The Morgan fingerprint density at radius 2 is 2.03 bits per heavy atom. The van der Waals surface area contributed by atoms with E-state index in [1.54, 1.807) is 4.90 Å². The van der Waals surface area contributed by atoms with Crippen molar-refractivity contribution in [1.82, 2.24) is 20.2 Å². The Morgan fingerprint density at radius 3 is 2.67 bits per heavy atom. The fourth-order valence-corrected chi connectivity index (χ4v) is 4.12. The SMILES string of the molecule is CCC(CC)NC(=O)N1Cc2nc(N)nc(-c3cc(OC(F)F)c(Br)cc3Cl)c2C1. The summed E-state index contributed by atoms with van der Waals surface area (Å²) in [5.41, 5.74) is 7.87. The number of fused-ring (bicyclic) bond motifs is 1. The molecule has 3 N–H and O–H groups in total.